The highest BCUT2D eigenvalue weighted by molar-refractivity contribution is 7.08. The number of thiophene rings is 1. The maximum Gasteiger partial charge on any atom is 0.252 e. The van der Waals surface area contributed by atoms with E-state index < -0.39 is 0 Å². The van der Waals surface area contributed by atoms with E-state index >= 15 is 0 Å². The first-order valence-electron chi connectivity index (χ1n) is 7.45. The molecule has 0 saturated heterocycles. The molecule has 0 bridgehead atoms. The minimum Gasteiger partial charge on any atom is -0.351 e. The van der Waals surface area contributed by atoms with Crippen molar-refractivity contribution in [2.24, 2.45) is 0 Å². The Balaban J connectivity index is 1.80. The van der Waals surface area contributed by atoms with Crippen molar-refractivity contribution < 1.29 is 9.59 Å². The number of nitrogens with one attached hydrogen (secondary N) is 2. The van der Waals surface area contributed by atoms with Crippen molar-refractivity contribution in [3.63, 3.8) is 0 Å². The number of benzene rings is 1. The Morgan fingerprint density at radius 2 is 2.13 bits per heavy atom. The Bertz CT molecular complexity index is 658. The number of carbonyl (C=O) groups is 2. The molecule has 1 atom stereocenters. The molecule has 4 nitrogen and oxygen atoms in total. The van der Waals surface area contributed by atoms with Gasteiger partial charge in [0.1, 0.15) is 0 Å². The van der Waals surface area contributed by atoms with Gasteiger partial charge in [-0.2, -0.15) is 11.3 Å². The lowest BCUT2D eigenvalue weighted by Crippen LogP contribution is -2.32. The van der Waals surface area contributed by atoms with Crippen LogP contribution in [-0.4, -0.2) is 18.4 Å². The molecule has 1 unspecified atom stereocenters. The second-order valence-electron chi connectivity index (χ2n) is 5.10. The van der Waals surface area contributed by atoms with E-state index in [-0.39, 0.29) is 24.3 Å². The van der Waals surface area contributed by atoms with Crippen LogP contribution in [0.5, 0.6) is 0 Å². The lowest BCUT2D eigenvalue weighted by atomic mass is 10.0. The predicted molar refractivity (Wildman–Crippen MR) is 93.9 cm³/mol. The molecule has 0 aliphatic carbocycles. The molecular weight excluding hydrogens is 332 g/mol. The molecule has 1 heterocycles. The third-order valence-electron chi connectivity index (χ3n) is 3.42. The minimum absolute atomic E-state index is 0.0752. The molecule has 2 amide bonds. The van der Waals surface area contributed by atoms with Crippen molar-refractivity contribution in [2.45, 2.75) is 25.8 Å². The third-order valence-corrected chi connectivity index (χ3v) is 4.33. The summed E-state index contributed by atoms with van der Waals surface area (Å²) < 4.78 is 0. The Kier molecular flexibility index (Phi) is 6.62. The number of amides is 2. The van der Waals surface area contributed by atoms with Gasteiger partial charge in [0.15, 0.2) is 0 Å². The van der Waals surface area contributed by atoms with Crippen molar-refractivity contribution in [1.29, 1.82) is 0 Å². The monoisotopic (exact) mass is 350 g/mol. The molecule has 0 aliphatic heterocycles. The molecule has 1 aromatic heterocycles. The van der Waals surface area contributed by atoms with Gasteiger partial charge in [-0.05, 0) is 35.6 Å². The highest BCUT2D eigenvalue weighted by atomic mass is 35.5. The van der Waals surface area contributed by atoms with E-state index in [1.54, 1.807) is 17.5 Å². The molecule has 122 valence electrons. The summed E-state index contributed by atoms with van der Waals surface area (Å²) in [4.78, 5) is 23.8. The molecule has 2 N–H and O–H groups in total. The van der Waals surface area contributed by atoms with Crippen molar-refractivity contribution in [3.8, 4) is 0 Å². The Morgan fingerprint density at radius 3 is 2.78 bits per heavy atom. The fraction of sp³-hybridized carbons (Fsp3) is 0.294. The van der Waals surface area contributed by atoms with Crippen LogP contribution in [0, 0.1) is 0 Å². The quantitative estimate of drug-likeness (QED) is 0.798. The van der Waals surface area contributed by atoms with Crippen molar-refractivity contribution in [2.75, 3.05) is 6.54 Å². The van der Waals surface area contributed by atoms with Crippen molar-refractivity contribution in [1.82, 2.24) is 10.6 Å². The SMILES string of the molecule is CCC(NC(=O)CCNC(=O)c1ccsc1)c1cccc(Cl)c1. The van der Waals surface area contributed by atoms with Crippen molar-refractivity contribution >= 4 is 34.8 Å². The molecule has 0 aliphatic rings. The first-order chi connectivity index (χ1) is 11.1. The second-order valence-corrected chi connectivity index (χ2v) is 6.32. The Morgan fingerprint density at radius 1 is 1.30 bits per heavy atom. The van der Waals surface area contributed by atoms with E-state index in [4.69, 9.17) is 11.6 Å². The standard InChI is InChI=1S/C17H19ClN2O2S/c1-2-15(12-4-3-5-14(18)10-12)20-16(21)6-8-19-17(22)13-7-9-23-11-13/h3-5,7,9-11,15H,2,6,8H2,1H3,(H,19,22)(H,20,21). The molecule has 0 fully saturated rings. The fourth-order valence-electron chi connectivity index (χ4n) is 2.20. The maximum absolute atomic E-state index is 12.0. The van der Waals surface area contributed by atoms with Crippen molar-refractivity contribution in [3.05, 3.63) is 57.2 Å². The summed E-state index contributed by atoms with van der Waals surface area (Å²) in [5, 5.41) is 9.99. The molecule has 23 heavy (non-hydrogen) atoms. The predicted octanol–water partition coefficient (Wildman–Crippen LogP) is 3.79. The fourth-order valence-corrected chi connectivity index (χ4v) is 3.03. The van der Waals surface area contributed by atoms with E-state index in [9.17, 15) is 9.59 Å². The first-order valence-corrected chi connectivity index (χ1v) is 8.77. The molecule has 6 heteroatoms. The zero-order valence-electron chi connectivity index (χ0n) is 12.8. The van der Waals surface area contributed by atoms with Gasteiger partial charge in [-0.3, -0.25) is 9.59 Å². The number of halogens is 1. The molecule has 0 radical (unpaired) electrons. The van der Waals surface area contributed by atoms with Crippen LogP contribution in [0.1, 0.15) is 41.7 Å². The summed E-state index contributed by atoms with van der Waals surface area (Å²) in [6.07, 6.45) is 1.01. The third kappa shape index (κ3) is 5.37. The van der Waals surface area contributed by atoms with E-state index in [1.807, 2.05) is 30.5 Å². The Labute approximate surface area is 144 Å². The summed E-state index contributed by atoms with van der Waals surface area (Å²) in [6, 6.07) is 9.15. The van der Waals surface area contributed by atoms with Gasteiger partial charge in [0.2, 0.25) is 5.91 Å². The molecule has 0 spiro atoms. The number of hydrogen-bond acceptors (Lipinski definition) is 3. The van der Waals surface area contributed by atoms with Crippen LogP contribution in [0.4, 0.5) is 0 Å². The van der Waals surface area contributed by atoms with E-state index in [2.05, 4.69) is 10.6 Å². The average Bonchev–Trinajstić information content (AvgIpc) is 3.07. The smallest absolute Gasteiger partial charge is 0.252 e. The van der Waals surface area contributed by atoms with E-state index in [0.717, 1.165) is 12.0 Å². The van der Waals surface area contributed by atoms with E-state index in [0.29, 0.717) is 17.1 Å². The summed E-state index contributed by atoms with van der Waals surface area (Å²) in [7, 11) is 0. The van der Waals surface area contributed by atoms with Crippen LogP contribution >= 0.6 is 22.9 Å². The van der Waals surface area contributed by atoms with Crippen LogP contribution in [0.15, 0.2) is 41.1 Å². The highest BCUT2D eigenvalue weighted by Gasteiger charge is 2.13. The van der Waals surface area contributed by atoms with Gasteiger partial charge < -0.3 is 10.6 Å². The van der Waals surface area contributed by atoms with E-state index in [1.165, 1.54) is 11.3 Å². The molecular formula is C17H19ClN2O2S. The van der Waals surface area contributed by atoms with Gasteiger partial charge in [0, 0.05) is 28.9 Å². The lowest BCUT2D eigenvalue weighted by molar-refractivity contribution is -0.121. The number of rotatable bonds is 7. The first kappa shape index (κ1) is 17.5. The minimum atomic E-state index is -0.152. The summed E-state index contributed by atoms with van der Waals surface area (Å²) in [5.41, 5.74) is 1.61. The van der Waals surface area contributed by atoms with Gasteiger partial charge in [0.05, 0.1) is 6.04 Å². The van der Waals surface area contributed by atoms with Gasteiger partial charge >= 0.3 is 0 Å². The van der Waals surface area contributed by atoms with Gasteiger partial charge in [-0.15, -0.1) is 0 Å². The summed E-state index contributed by atoms with van der Waals surface area (Å²) in [5.74, 6) is -0.247. The number of hydrogen-bond donors (Lipinski definition) is 2. The normalized spacial score (nSPS) is 11.7. The summed E-state index contributed by atoms with van der Waals surface area (Å²) in [6.45, 7) is 2.32. The number of carbonyl (C=O) groups excluding carboxylic acids is 2. The maximum atomic E-state index is 12.0. The van der Waals surface area contributed by atoms with Crippen LogP contribution in [0.25, 0.3) is 0 Å². The average molecular weight is 351 g/mol. The van der Waals surface area contributed by atoms with Crippen LogP contribution in [0.3, 0.4) is 0 Å². The largest absolute Gasteiger partial charge is 0.351 e. The molecule has 2 aromatic rings. The van der Waals surface area contributed by atoms with Gasteiger partial charge in [-0.1, -0.05) is 30.7 Å². The van der Waals surface area contributed by atoms with Crippen LogP contribution in [0.2, 0.25) is 5.02 Å². The topological polar surface area (TPSA) is 58.2 Å². The zero-order valence-corrected chi connectivity index (χ0v) is 14.4. The molecule has 1 aromatic carbocycles. The van der Waals surface area contributed by atoms with Gasteiger partial charge in [0.25, 0.3) is 5.91 Å². The molecule has 0 saturated carbocycles. The molecule has 2 rings (SSSR count). The Hall–Kier alpha value is -1.85. The second kappa shape index (κ2) is 8.70. The van der Waals surface area contributed by atoms with Crippen LogP contribution in [-0.2, 0) is 4.79 Å². The van der Waals surface area contributed by atoms with Crippen LogP contribution < -0.4 is 10.6 Å². The highest BCUT2D eigenvalue weighted by Crippen LogP contribution is 2.20. The lowest BCUT2D eigenvalue weighted by Gasteiger charge is -2.18. The summed E-state index contributed by atoms with van der Waals surface area (Å²) >= 11 is 7.46. The zero-order chi connectivity index (χ0) is 16.7. The van der Waals surface area contributed by atoms with Gasteiger partial charge in [-0.25, -0.2) is 0 Å².